The Balaban J connectivity index is 1.99. The maximum atomic E-state index is 13.0. The van der Waals surface area contributed by atoms with Crippen LogP contribution in [0, 0.1) is 0 Å². The van der Waals surface area contributed by atoms with Crippen molar-refractivity contribution in [1.82, 2.24) is 0 Å². The zero-order valence-electron chi connectivity index (χ0n) is 18.4. The van der Waals surface area contributed by atoms with Crippen LogP contribution in [-0.4, -0.2) is 51.5 Å². The summed E-state index contributed by atoms with van der Waals surface area (Å²) in [7, 11) is 1.43. The first kappa shape index (κ1) is 26.5. The summed E-state index contributed by atoms with van der Waals surface area (Å²) in [6.07, 6.45) is -5.29. The molecule has 0 bridgehead atoms. The topological polar surface area (TPSA) is 112 Å². The highest BCUT2D eigenvalue weighted by atomic mass is 19.4. The number of esters is 1. The molecule has 0 aliphatic carbocycles. The molecule has 12 heteroatoms. The molecule has 0 saturated carbocycles. The summed E-state index contributed by atoms with van der Waals surface area (Å²) >= 11 is 0. The SMILES string of the molecule is CCOC(=O)Nc1ccc(C(=O)OCC(=O)Nc2cc(C(F)(F)F)ccc2OCCOC)cc1. The molecule has 0 aliphatic rings. The summed E-state index contributed by atoms with van der Waals surface area (Å²) in [5.74, 6) is -1.72. The van der Waals surface area contributed by atoms with Gasteiger partial charge in [0.25, 0.3) is 5.91 Å². The Morgan fingerprint density at radius 1 is 0.941 bits per heavy atom. The summed E-state index contributed by atoms with van der Waals surface area (Å²) in [6.45, 7) is 1.31. The van der Waals surface area contributed by atoms with Gasteiger partial charge in [-0.1, -0.05) is 0 Å². The zero-order chi connectivity index (χ0) is 25.1. The Labute approximate surface area is 193 Å². The largest absolute Gasteiger partial charge is 0.489 e. The third-order valence-electron chi connectivity index (χ3n) is 4.10. The third-order valence-corrected chi connectivity index (χ3v) is 4.10. The van der Waals surface area contributed by atoms with E-state index >= 15 is 0 Å². The summed E-state index contributed by atoms with van der Waals surface area (Å²) in [6, 6.07) is 8.19. The van der Waals surface area contributed by atoms with E-state index in [9.17, 15) is 27.6 Å². The van der Waals surface area contributed by atoms with Gasteiger partial charge in [-0.15, -0.1) is 0 Å². The van der Waals surface area contributed by atoms with Crippen LogP contribution < -0.4 is 15.4 Å². The Hall–Kier alpha value is -3.80. The van der Waals surface area contributed by atoms with Crippen molar-refractivity contribution in [1.29, 1.82) is 0 Å². The highest BCUT2D eigenvalue weighted by Crippen LogP contribution is 2.35. The maximum absolute atomic E-state index is 13.0. The van der Waals surface area contributed by atoms with Crippen LogP contribution in [-0.2, 0) is 25.2 Å². The molecule has 0 aromatic heterocycles. The van der Waals surface area contributed by atoms with Gasteiger partial charge in [0.15, 0.2) is 6.61 Å². The van der Waals surface area contributed by atoms with Crippen LogP contribution >= 0.6 is 0 Å². The zero-order valence-corrected chi connectivity index (χ0v) is 18.4. The van der Waals surface area contributed by atoms with Gasteiger partial charge in [0.1, 0.15) is 12.4 Å². The van der Waals surface area contributed by atoms with Gasteiger partial charge in [-0.25, -0.2) is 9.59 Å². The van der Waals surface area contributed by atoms with E-state index in [1.54, 1.807) is 6.92 Å². The van der Waals surface area contributed by atoms with Gasteiger partial charge in [0, 0.05) is 12.8 Å². The van der Waals surface area contributed by atoms with E-state index < -0.39 is 36.3 Å². The molecule has 0 heterocycles. The minimum Gasteiger partial charge on any atom is -0.489 e. The number of carbonyl (C=O) groups excluding carboxylic acids is 3. The lowest BCUT2D eigenvalue weighted by atomic mass is 10.1. The molecule has 0 atom stereocenters. The van der Waals surface area contributed by atoms with E-state index in [0.29, 0.717) is 5.69 Å². The number of ether oxygens (including phenoxy) is 4. The van der Waals surface area contributed by atoms with Crippen LogP contribution in [0.15, 0.2) is 42.5 Å². The smallest absolute Gasteiger partial charge is 0.416 e. The first-order chi connectivity index (χ1) is 16.1. The van der Waals surface area contributed by atoms with E-state index in [1.807, 2.05) is 0 Å². The van der Waals surface area contributed by atoms with Crippen LogP contribution in [0.4, 0.5) is 29.3 Å². The summed E-state index contributed by atoms with van der Waals surface area (Å²) in [5.41, 5.74) is -0.764. The van der Waals surface area contributed by atoms with Gasteiger partial charge >= 0.3 is 18.2 Å². The predicted molar refractivity (Wildman–Crippen MR) is 115 cm³/mol. The number of benzene rings is 2. The summed E-state index contributed by atoms with van der Waals surface area (Å²) in [5, 5.41) is 4.70. The molecule has 184 valence electrons. The van der Waals surface area contributed by atoms with Crippen LogP contribution in [0.25, 0.3) is 0 Å². The van der Waals surface area contributed by atoms with Crippen molar-refractivity contribution in [2.75, 3.05) is 44.2 Å². The van der Waals surface area contributed by atoms with Crippen molar-refractivity contribution >= 4 is 29.3 Å². The highest BCUT2D eigenvalue weighted by Gasteiger charge is 2.31. The number of anilines is 2. The van der Waals surface area contributed by atoms with Crippen molar-refractivity contribution in [3.8, 4) is 5.75 Å². The number of rotatable bonds is 10. The second kappa shape index (κ2) is 12.4. The highest BCUT2D eigenvalue weighted by molar-refractivity contribution is 5.96. The number of methoxy groups -OCH3 is 1. The number of halogens is 3. The Morgan fingerprint density at radius 2 is 1.65 bits per heavy atom. The maximum Gasteiger partial charge on any atom is 0.416 e. The lowest BCUT2D eigenvalue weighted by molar-refractivity contribution is -0.137. The Bertz CT molecular complexity index is 995. The van der Waals surface area contributed by atoms with E-state index in [1.165, 1.54) is 31.4 Å². The molecule has 0 radical (unpaired) electrons. The van der Waals surface area contributed by atoms with Gasteiger partial charge in [0.05, 0.1) is 30.0 Å². The van der Waals surface area contributed by atoms with Crippen molar-refractivity contribution in [2.24, 2.45) is 0 Å². The van der Waals surface area contributed by atoms with Crippen LogP contribution in [0.1, 0.15) is 22.8 Å². The number of carbonyl (C=O) groups is 3. The fourth-order valence-electron chi connectivity index (χ4n) is 2.54. The monoisotopic (exact) mass is 484 g/mol. The lowest BCUT2D eigenvalue weighted by Gasteiger charge is -2.15. The van der Waals surface area contributed by atoms with E-state index in [2.05, 4.69) is 10.6 Å². The van der Waals surface area contributed by atoms with Crippen molar-refractivity contribution < 1.29 is 46.5 Å². The molecular formula is C22H23F3N2O7. The molecule has 34 heavy (non-hydrogen) atoms. The molecule has 2 aromatic rings. The van der Waals surface area contributed by atoms with Crippen molar-refractivity contribution in [3.05, 3.63) is 53.6 Å². The molecule has 0 spiro atoms. The molecular weight excluding hydrogens is 461 g/mol. The number of hydrogen-bond donors (Lipinski definition) is 2. The molecule has 0 saturated heterocycles. The van der Waals surface area contributed by atoms with Crippen molar-refractivity contribution in [3.63, 3.8) is 0 Å². The Kier molecular flexibility index (Phi) is 9.68. The molecule has 2 rings (SSSR count). The second-order valence-electron chi connectivity index (χ2n) is 6.60. The fourth-order valence-corrected chi connectivity index (χ4v) is 2.54. The minimum atomic E-state index is -4.63. The van der Waals surface area contributed by atoms with Crippen LogP contribution in [0.5, 0.6) is 5.75 Å². The third kappa shape index (κ3) is 8.28. The van der Waals surface area contributed by atoms with Crippen molar-refractivity contribution in [2.45, 2.75) is 13.1 Å². The summed E-state index contributed by atoms with van der Waals surface area (Å²) < 4.78 is 59.0. The average Bonchev–Trinajstić information content (AvgIpc) is 2.78. The number of amides is 2. The number of hydrogen-bond acceptors (Lipinski definition) is 7. The normalized spacial score (nSPS) is 10.9. The standard InChI is InChI=1S/C22H23F3N2O7/c1-3-32-21(30)26-16-7-4-14(5-8-16)20(29)34-13-19(28)27-17-12-15(22(23,24)25)6-9-18(17)33-11-10-31-2/h4-9,12H,3,10-11,13H2,1-2H3,(H,26,30)(H,27,28). The number of nitrogens with one attached hydrogen (secondary N) is 2. The van der Waals surface area contributed by atoms with Crippen LogP contribution in [0.3, 0.4) is 0 Å². The van der Waals surface area contributed by atoms with Crippen LogP contribution in [0.2, 0.25) is 0 Å². The molecule has 9 nitrogen and oxygen atoms in total. The van der Waals surface area contributed by atoms with Gasteiger partial charge in [-0.05, 0) is 49.4 Å². The van der Waals surface area contributed by atoms with Gasteiger partial charge < -0.3 is 24.3 Å². The molecule has 0 fully saturated rings. The van der Waals surface area contributed by atoms with E-state index in [-0.39, 0.29) is 36.8 Å². The molecule has 2 N–H and O–H groups in total. The first-order valence-corrected chi connectivity index (χ1v) is 9.97. The average molecular weight is 484 g/mol. The van der Waals surface area contributed by atoms with Gasteiger partial charge in [-0.2, -0.15) is 13.2 Å². The number of alkyl halides is 3. The predicted octanol–water partition coefficient (Wildman–Crippen LogP) is 4.09. The molecule has 0 unspecified atom stereocenters. The van der Waals surface area contributed by atoms with E-state index in [4.69, 9.17) is 18.9 Å². The quantitative estimate of drug-likeness (QED) is 0.386. The molecule has 2 amide bonds. The Morgan fingerprint density at radius 3 is 2.26 bits per heavy atom. The first-order valence-electron chi connectivity index (χ1n) is 9.97. The fraction of sp³-hybridized carbons (Fsp3) is 0.318. The summed E-state index contributed by atoms with van der Waals surface area (Å²) in [4.78, 5) is 35.8. The minimum absolute atomic E-state index is 0.00517. The van der Waals surface area contributed by atoms with E-state index in [0.717, 1.165) is 18.2 Å². The second-order valence-corrected chi connectivity index (χ2v) is 6.60. The van der Waals surface area contributed by atoms with Gasteiger partial charge in [0.2, 0.25) is 0 Å². The van der Waals surface area contributed by atoms with Gasteiger partial charge in [-0.3, -0.25) is 10.1 Å². The molecule has 2 aromatic carbocycles. The molecule has 0 aliphatic heterocycles. The lowest BCUT2D eigenvalue weighted by Crippen LogP contribution is -2.22.